The monoisotopic (exact) mass is 554 g/mol. The second-order valence-corrected chi connectivity index (χ2v) is 12.0. The van der Waals surface area contributed by atoms with Crippen molar-refractivity contribution in [2.75, 3.05) is 0 Å². The molecule has 0 aliphatic carbocycles. The van der Waals surface area contributed by atoms with Crippen molar-refractivity contribution >= 4 is 65.6 Å². The summed E-state index contributed by atoms with van der Waals surface area (Å²) in [6.45, 7) is 8.84. The molecule has 3 heteroatoms. The van der Waals surface area contributed by atoms with Crippen molar-refractivity contribution in [3.05, 3.63) is 131 Å². The van der Waals surface area contributed by atoms with Crippen molar-refractivity contribution in [1.29, 1.82) is 0 Å². The van der Waals surface area contributed by atoms with Crippen LogP contribution in [-0.2, 0) is 0 Å². The van der Waals surface area contributed by atoms with Gasteiger partial charge in [-0.1, -0.05) is 72.8 Å². The van der Waals surface area contributed by atoms with E-state index in [-0.39, 0.29) is 0 Å². The Balaban J connectivity index is 1.35. The molecule has 6 aromatic carbocycles. The highest BCUT2D eigenvalue weighted by molar-refractivity contribution is 6.14. The molecular weight excluding hydrogens is 524 g/mol. The maximum atomic E-state index is 6.42. The number of furan rings is 1. The molecule has 0 saturated heterocycles. The van der Waals surface area contributed by atoms with Crippen LogP contribution in [0.1, 0.15) is 22.3 Å². The molecule has 0 bridgehead atoms. The minimum Gasteiger partial charge on any atom is -0.456 e. The molecule has 0 aliphatic rings. The van der Waals surface area contributed by atoms with E-state index in [9.17, 15) is 0 Å². The molecule has 0 aliphatic heterocycles. The Hall–Kier alpha value is -5.28. The predicted octanol–water partition coefficient (Wildman–Crippen LogP) is 11.0. The first-order valence-electron chi connectivity index (χ1n) is 15.0. The highest BCUT2D eigenvalue weighted by Crippen LogP contribution is 2.40. The summed E-state index contributed by atoms with van der Waals surface area (Å²) in [4.78, 5) is 0. The first kappa shape index (κ1) is 24.3. The zero-order chi connectivity index (χ0) is 29.0. The van der Waals surface area contributed by atoms with Gasteiger partial charge in [0.25, 0.3) is 0 Å². The Labute approximate surface area is 249 Å². The maximum absolute atomic E-state index is 6.42. The number of hydrogen-bond donors (Lipinski definition) is 0. The minimum atomic E-state index is 0.902. The van der Waals surface area contributed by atoms with Gasteiger partial charge in [0, 0.05) is 43.7 Å². The first-order chi connectivity index (χ1) is 21.0. The van der Waals surface area contributed by atoms with Crippen LogP contribution < -0.4 is 0 Å². The molecule has 0 amide bonds. The van der Waals surface area contributed by atoms with Crippen molar-refractivity contribution in [2.24, 2.45) is 0 Å². The topological polar surface area (TPSA) is 23.0 Å². The molecule has 9 aromatic rings. The lowest BCUT2D eigenvalue weighted by Gasteiger charge is -2.12. The average molecular weight is 555 g/mol. The smallest absolute Gasteiger partial charge is 0.135 e. The number of aryl methyl sites for hydroxylation is 4. The molecule has 0 unspecified atom stereocenters. The molecule has 3 heterocycles. The van der Waals surface area contributed by atoms with Gasteiger partial charge in [-0.3, -0.25) is 0 Å². The molecule has 3 nitrogen and oxygen atoms in total. The Morgan fingerprint density at radius 1 is 0.372 bits per heavy atom. The largest absolute Gasteiger partial charge is 0.456 e. The van der Waals surface area contributed by atoms with Crippen LogP contribution in [0.15, 0.2) is 114 Å². The van der Waals surface area contributed by atoms with E-state index in [2.05, 4.69) is 146 Å². The summed E-state index contributed by atoms with van der Waals surface area (Å²) in [6.07, 6.45) is 0. The number of para-hydroxylation sites is 4. The van der Waals surface area contributed by atoms with Gasteiger partial charge in [0.2, 0.25) is 0 Å². The van der Waals surface area contributed by atoms with Crippen LogP contribution in [-0.4, -0.2) is 9.13 Å². The number of aromatic nitrogens is 2. The van der Waals surface area contributed by atoms with E-state index in [0.29, 0.717) is 0 Å². The van der Waals surface area contributed by atoms with Gasteiger partial charge in [-0.25, -0.2) is 0 Å². The normalized spacial score (nSPS) is 12.2. The van der Waals surface area contributed by atoms with Crippen molar-refractivity contribution < 1.29 is 4.42 Å². The second kappa shape index (κ2) is 8.62. The van der Waals surface area contributed by atoms with Crippen LogP contribution >= 0.6 is 0 Å². The summed E-state index contributed by atoms with van der Waals surface area (Å²) in [5.74, 6) is 0. The summed E-state index contributed by atoms with van der Waals surface area (Å²) < 4.78 is 11.3. The number of rotatable bonds is 2. The van der Waals surface area contributed by atoms with Crippen molar-refractivity contribution in [2.45, 2.75) is 27.7 Å². The summed E-state index contributed by atoms with van der Waals surface area (Å²) in [5.41, 5.74) is 14.2. The second-order valence-electron chi connectivity index (χ2n) is 12.0. The van der Waals surface area contributed by atoms with E-state index < -0.39 is 0 Å². The summed E-state index contributed by atoms with van der Waals surface area (Å²) >= 11 is 0. The molecule has 9 rings (SSSR count). The van der Waals surface area contributed by atoms with Gasteiger partial charge in [-0.05, 0) is 86.3 Å². The van der Waals surface area contributed by atoms with Crippen LogP contribution in [0, 0.1) is 27.7 Å². The van der Waals surface area contributed by atoms with Crippen LogP contribution in [0.4, 0.5) is 0 Å². The number of nitrogens with zero attached hydrogens (tertiary/aromatic N) is 2. The maximum Gasteiger partial charge on any atom is 0.135 e. The number of benzene rings is 6. The molecule has 43 heavy (non-hydrogen) atoms. The third-order valence-electron chi connectivity index (χ3n) is 9.38. The lowest BCUT2D eigenvalue weighted by Crippen LogP contribution is -1.97. The first-order valence-corrected chi connectivity index (χ1v) is 15.0. The molecule has 0 atom stereocenters. The molecule has 0 fully saturated rings. The highest BCUT2D eigenvalue weighted by atomic mass is 16.3. The molecule has 0 spiro atoms. The van der Waals surface area contributed by atoms with Crippen molar-refractivity contribution in [3.8, 4) is 11.4 Å². The fourth-order valence-electron chi connectivity index (χ4n) is 7.46. The predicted molar refractivity (Wildman–Crippen MR) is 181 cm³/mol. The van der Waals surface area contributed by atoms with Gasteiger partial charge >= 0.3 is 0 Å². The van der Waals surface area contributed by atoms with Crippen LogP contribution in [0.25, 0.3) is 76.9 Å². The molecule has 0 radical (unpaired) electrons. The standard InChI is InChI=1S/C40H30N2O/c1-23-9-5-13-29-30-14-6-10-24(2)38(30)41(37(23)29)27-17-19-35-33(21-27)34-22-28(18-20-36(34)43-35)42-39-25(3)11-7-15-31(39)32-16-8-12-26(4)40(32)42/h5-22H,1-4H3. The number of fused-ring (bicyclic) bond motifs is 9. The van der Waals surface area contributed by atoms with Gasteiger partial charge in [0.05, 0.1) is 22.1 Å². The SMILES string of the molecule is Cc1cccc2c3cccc(C)c3n(-c3ccc4oc5ccc(-n6c7c(C)cccc7c7cccc(C)c76)cc5c4c3)c12. The van der Waals surface area contributed by atoms with Gasteiger partial charge in [-0.2, -0.15) is 0 Å². The Morgan fingerprint density at radius 3 is 1.02 bits per heavy atom. The average Bonchev–Trinajstić information content (AvgIpc) is 3.67. The van der Waals surface area contributed by atoms with Crippen LogP contribution in [0.5, 0.6) is 0 Å². The molecule has 3 aromatic heterocycles. The molecule has 0 N–H and O–H groups in total. The minimum absolute atomic E-state index is 0.902. The summed E-state index contributed by atoms with van der Waals surface area (Å²) in [5, 5.41) is 7.40. The fraction of sp³-hybridized carbons (Fsp3) is 0.100. The molecule has 0 saturated carbocycles. The van der Waals surface area contributed by atoms with E-state index in [4.69, 9.17) is 4.42 Å². The zero-order valence-electron chi connectivity index (χ0n) is 24.7. The number of hydrogen-bond acceptors (Lipinski definition) is 1. The van der Waals surface area contributed by atoms with Gasteiger partial charge in [-0.15, -0.1) is 0 Å². The van der Waals surface area contributed by atoms with Crippen LogP contribution in [0.2, 0.25) is 0 Å². The lowest BCUT2D eigenvalue weighted by molar-refractivity contribution is 0.669. The third kappa shape index (κ3) is 3.25. The van der Waals surface area contributed by atoms with E-state index in [1.54, 1.807) is 0 Å². The van der Waals surface area contributed by atoms with Crippen molar-refractivity contribution in [3.63, 3.8) is 0 Å². The Morgan fingerprint density at radius 2 is 0.698 bits per heavy atom. The lowest BCUT2D eigenvalue weighted by atomic mass is 10.1. The van der Waals surface area contributed by atoms with Gasteiger partial charge in [0.1, 0.15) is 11.2 Å². The fourth-order valence-corrected chi connectivity index (χ4v) is 7.46. The summed E-state index contributed by atoms with van der Waals surface area (Å²) in [7, 11) is 0. The van der Waals surface area contributed by atoms with Gasteiger partial charge < -0.3 is 13.6 Å². The third-order valence-corrected chi connectivity index (χ3v) is 9.38. The quantitative estimate of drug-likeness (QED) is 0.208. The van der Waals surface area contributed by atoms with Crippen molar-refractivity contribution in [1.82, 2.24) is 9.13 Å². The van der Waals surface area contributed by atoms with E-state index in [1.807, 2.05) is 0 Å². The van der Waals surface area contributed by atoms with Gasteiger partial charge in [0.15, 0.2) is 0 Å². The van der Waals surface area contributed by atoms with E-state index in [1.165, 1.54) is 65.9 Å². The molecule has 206 valence electrons. The zero-order valence-corrected chi connectivity index (χ0v) is 24.7. The van der Waals surface area contributed by atoms with E-state index in [0.717, 1.165) is 33.3 Å². The summed E-state index contributed by atoms with van der Waals surface area (Å²) in [6, 6.07) is 39.7. The molecular formula is C40H30N2O. The Bertz CT molecular complexity index is 2310. The Kier molecular flexibility index (Phi) is 4.88. The highest BCUT2D eigenvalue weighted by Gasteiger charge is 2.19. The van der Waals surface area contributed by atoms with E-state index >= 15 is 0 Å². The van der Waals surface area contributed by atoms with Crippen LogP contribution in [0.3, 0.4) is 0 Å².